The molecule has 0 unspecified atom stereocenters. The summed E-state index contributed by atoms with van der Waals surface area (Å²) in [7, 11) is 0. The first-order valence-electron chi connectivity index (χ1n) is 10.9. The number of rotatable bonds is 4. The van der Waals surface area contributed by atoms with Crippen LogP contribution in [0.1, 0.15) is 26.3 Å². The van der Waals surface area contributed by atoms with Gasteiger partial charge in [0.2, 0.25) is 6.79 Å². The number of carbonyl (C=O) groups is 2. The van der Waals surface area contributed by atoms with Crippen LogP contribution in [-0.4, -0.2) is 30.1 Å². The monoisotopic (exact) mass is 487 g/mol. The summed E-state index contributed by atoms with van der Waals surface area (Å²) in [5.41, 5.74) is 4.42. The third kappa shape index (κ3) is 4.00. The van der Waals surface area contributed by atoms with Gasteiger partial charge in [0.15, 0.2) is 16.6 Å². The molecule has 0 bridgehead atoms. The molecule has 3 aromatic carbocycles. The number of halogens is 1. The molecule has 7 nitrogen and oxygen atoms in total. The second-order valence-electron chi connectivity index (χ2n) is 8.12. The summed E-state index contributed by atoms with van der Waals surface area (Å²) in [6.07, 6.45) is 0.716. The Labute approximate surface area is 203 Å². The van der Waals surface area contributed by atoms with Crippen molar-refractivity contribution in [1.82, 2.24) is 4.98 Å². The number of nitrogens with zero attached hydrogens (tertiary/aromatic N) is 2. The number of hydrogen-bond acceptors (Lipinski definition) is 6. The number of hydrogen-bond donors (Lipinski definition) is 1. The van der Waals surface area contributed by atoms with E-state index in [0.29, 0.717) is 40.7 Å². The van der Waals surface area contributed by atoms with Gasteiger partial charge in [-0.2, -0.15) is 0 Å². The minimum atomic E-state index is -0.372. The molecule has 0 spiro atoms. The van der Waals surface area contributed by atoms with E-state index in [1.807, 2.05) is 23.6 Å². The summed E-state index contributed by atoms with van der Waals surface area (Å²) in [5.74, 6) is 0.352. The van der Waals surface area contributed by atoms with Crippen LogP contribution in [0.2, 0.25) is 0 Å². The van der Waals surface area contributed by atoms with Crippen LogP contribution >= 0.6 is 11.3 Å². The molecule has 6 rings (SSSR count). The van der Waals surface area contributed by atoms with Crippen LogP contribution in [0.25, 0.3) is 11.3 Å². The van der Waals surface area contributed by atoms with Crippen molar-refractivity contribution >= 4 is 34.0 Å². The zero-order chi connectivity index (χ0) is 23.9. The first kappa shape index (κ1) is 21.3. The maximum atomic E-state index is 13.2. The van der Waals surface area contributed by atoms with Gasteiger partial charge in [0.25, 0.3) is 11.8 Å². The van der Waals surface area contributed by atoms with Gasteiger partial charge in [-0.1, -0.05) is 6.07 Å². The van der Waals surface area contributed by atoms with E-state index in [4.69, 9.17) is 9.47 Å². The lowest BCUT2D eigenvalue weighted by molar-refractivity contribution is 0.0987. The Morgan fingerprint density at radius 1 is 0.971 bits per heavy atom. The Hall–Kier alpha value is -4.24. The molecule has 3 heterocycles. The van der Waals surface area contributed by atoms with E-state index in [1.165, 1.54) is 35.6 Å². The van der Waals surface area contributed by atoms with Gasteiger partial charge in [0.1, 0.15) is 5.82 Å². The highest BCUT2D eigenvalue weighted by molar-refractivity contribution is 7.14. The van der Waals surface area contributed by atoms with Crippen LogP contribution in [-0.2, 0) is 6.42 Å². The van der Waals surface area contributed by atoms with E-state index >= 15 is 0 Å². The number of ether oxygens (including phenoxy) is 2. The van der Waals surface area contributed by atoms with Gasteiger partial charge in [0, 0.05) is 34.3 Å². The molecule has 0 radical (unpaired) electrons. The molecule has 9 heteroatoms. The fourth-order valence-electron chi connectivity index (χ4n) is 4.19. The minimum Gasteiger partial charge on any atom is -0.454 e. The fraction of sp³-hybridized carbons (Fsp3) is 0.115. The predicted octanol–water partition coefficient (Wildman–Crippen LogP) is 5.13. The number of carbonyl (C=O) groups excluding carboxylic acids is 2. The summed E-state index contributed by atoms with van der Waals surface area (Å²) in [6, 6.07) is 16.4. The molecular formula is C26H18FN3O4S. The number of fused-ring (bicyclic) bond motifs is 2. The summed E-state index contributed by atoms with van der Waals surface area (Å²) in [5, 5.41) is 5.19. The van der Waals surface area contributed by atoms with E-state index < -0.39 is 0 Å². The predicted molar refractivity (Wildman–Crippen MR) is 130 cm³/mol. The molecule has 0 saturated heterocycles. The first-order chi connectivity index (χ1) is 17.0. The minimum absolute atomic E-state index is 0.148. The summed E-state index contributed by atoms with van der Waals surface area (Å²) in [4.78, 5) is 31.8. The lowest BCUT2D eigenvalue weighted by Gasteiger charge is -2.17. The molecule has 1 N–H and O–H groups in total. The van der Waals surface area contributed by atoms with Crippen molar-refractivity contribution in [2.45, 2.75) is 6.42 Å². The lowest BCUT2D eigenvalue weighted by Crippen LogP contribution is -2.28. The van der Waals surface area contributed by atoms with Crippen molar-refractivity contribution in [2.75, 3.05) is 23.6 Å². The Kier molecular flexibility index (Phi) is 5.18. The number of nitrogens with one attached hydrogen (secondary N) is 1. The zero-order valence-electron chi connectivity index (χ0n) is 18.3. The van der Waals surface area contributed by atoms with Crippen molar-refractivity contribution in [3.05, 3.63) is 88.6 Å². The Morgan fingerprint density at radius 2 is 1.77 bits per heavy atom. The van der Waals surface area contributed by atoms with E-state index in [2.05, 4.69) is 10.3 Å². The molecular weight excluding hydrogens is 469 g/mol. The highest BCUT2D eigenvalue weighted by atomic mass is 32.1. The maximum absolute atomic E-state index is 13.2. The first-order valence-corrected chi connectivity index (χ1v) is 11.8. The van der Waals surface area contributed by atoms with Crippen molar-refractivity contribution in [3.63, 3.8) is 0 Å². The smallest absolute Gasteiger partial charge is 0.258 e. The van der Waals surface area contributed by atoms with Gasteiger partial charge in [0.05, 0.1) is 5.69 Å². The quantitative estimate of drug-likeness (QED) is 0.432. The second-order valence-corrected chi connectivity index (χ2v) is 8.98. The van der Waals surface area contributed by atoms with Crippen LogP contribution in [0.5, 0.6) is 11.5 Å². The molecule has 1 aromatic heterocycles. The number of benzene rings is 3. The number of amides is 2. The molecule has 2 aliphatic heterocycles. The lowest BCUT2D eigenvalue weighted by atomic mass is 10.1. The van der Waals surface area contributed by atoms with Crippen LogP contribution in [0, 0.1) is 5.82 Å². The van der Waals surface area contributed by atoms with Crippen molar-refractivity contribution in [2.24, 2.45) is 0 Å². The topological polar surface area (TPSA) is 80.8 Å². The Morgan fingerprint density at radius 3 is 2.63 bits per heavy atom. The van der Waals surface area contributed by atoms with Crippen LogP contribution in [0.4, 0.5) is 15.2 Å². The highest BCUT2D eigenvalue weighted by Crippen LogP contribution is 2.35. The van der Waals surface area contributed by atoms with Gasteiger partial charge in [-0.3, -0.25) is 14.9 Å². The molecule has 4 aromatic rings. The SMILES string of the molecule is O=C(Nc1nc(-c2ccc3c(c2)CCN3C(=O)c2ccc(F)cc2)cs1)c1ccc2c(c1)OCO2. The molecule has 0 saturated carbocycles. The van der Waals surface area contributed by atoms with Gasteiger partial charge in [-0.05, 0) is 66.6 Å². The van der Waals surface area contributed by atoms with E-state index in [9.17, 15) is 14.0 Å². The van der Waals surface area contributed by atoms with Crippen LogP contribution in [0.15, 0.2) is 66.0 Å². The second kappa shape index (κ2) is 8.52. The van der Waals surface area contributed by atoms with Gasteiger partial charge >= 0.3 is 0 Å². The van der Waals surface area contributed by atoms with Crippen molar-refractivity contribution < 1.29 is 23.5 Å². The summed E-state index contributed by atoms with van der Waals surface area (Å²) >= 11 is 1.34. The average Bonchev–Trinajstić information content (AvgIpc) is 3.62. The Bertz CT molecular complexity index is 1470. The van der Waals surface area contributed by atoms with E-state index in [-0.39, 0.29) is 24.4 Å². The maximum Gasteiger partial charge on any atom is 0.258 e. The Balaban J connectivity index is 1.18. The van der Waals surface area contributed by atoms with Gasteiger partial charge < -0.3 is 14.4 Å². The number of anilines is 2. The molecule has 0 atom stereocenters. The van der Waals surface area contributed by atoms with Crippen molar-refractivity contribution in [1.29, 1.82) is 0 Å². The normalized spacial score (nSPS) is 13.6. The molecule has 35 heavy (non-hydrogen) atoms. The highest BCUT2D eigenvalue weighted by Gasteiger charge is 2.26. The standard InChI is InChI=1S/C26H18FN3O4S/c27-19-5-1-15(2-6-19)25(32)30-10-9-17-11-16(3-7-21(17)30)20-13-35-26(28-20)29-24(31)18-4-8-22-23(12-18)34-14-33-22/h1-8,11-13H,9-10,14H2,(H,28,29,31). The van der Waals surface area contributed by atoms with Gasteiger partial charge in [-0.25, -0.2) is 9.37 Å². The van der Waals surface area contributed by atoms with Crippen LogP contribution in [0.3, 0.4) is 0 Å². The number of thiazole rings is 1. The average molecular weight is 488 g/mol. The molecule has 174 valence electrons. The van der Waals surface area contributed by atoms with E-state index in [0.717, 1.165) is 22.5 Å². The van der Waals surface area contributed by atoms with Crippen molar-refractivity contribution in [3.8, 4) is 22.8 Å². The zero-order valence-corrected chi connectivity index (χ0v) is 19.1. The van der Waals surface area contributed by atoms with E-state index in [1.54, 1.807) is 23.1 Å². The molecule has 0 fully saturated rings. The molecule has 2 amide bonds. The molecule has 2 aliphatic rings. The summed E-state index contributed by atoms with van der Waals surface area (Å²) < 4.78 is 23.8. The van der Waals surface area contributed by atoms with Crippen LogP contribution < -0.4 is 19.7 Å². The third-order valence-corrected chi connectivity index (χ3v) is 6.72. The summed E-state index contributed by atoms with van der Waals surface area (Å²) in [6.45, 7) is 0.706. The largest absolute Gasteiger partial charge is 0.454 e. The molecule has 0 aliphatic carbocycles. The fourth-order valence-corrected chi connectivity index (χ4v) is 4.91. The number of aromatic nitrogens is 1. The van der Waals surface area contributed by atoms with Gasteiger partial charge in [-0.15, -0.1) is 11.3 Å². The third-order valence-electron chi connectivity index (χ3n) is 5.97.